The van der Waals surface area contributed by atoms with Crippen LogP contribution >= 0.6 is 11.3 Å². The van der Waals surface area contributed by atoms with Gasteiger partial charge in [-0.1, -0.05) is 24.3 Å². The Bertz CT molecular complexity index is 1300. The number of esters is 1. The van der Waals surface area contributed by atoms with Crippen LogP contribution in [0.3, 0.4) is 0 Å². The van der Waals surface area contributed by atoms with E-state index in [2.05, 4.69) is 15.3 Å². The highest BCUT2D eigenvalue weighted by Crippen LogP contribution is 2.41. The third kappa shape index (κ3) is 2.94. The van der Waals surface area contributed by atoms with Gasteiger partial charge in [0.25, 0.3) is 0 Å². The smallest absolute Gasteiger partial charge is 0.342 e. The van der Waals surface area contributed by atoms with E-state index in [-0.39, 0.29) is 6.01 Å². The molecule has 7 nitrogen and oxygen atoms in total. The average molecular weight is 405 g/mol. The number of carbonyl (C=O) groups excluding carboxylic acids is 1. The Morgan fingerprint density at radius 3 is 2.55 bits per heavy atom. The molecule has 1 N–H and O–H groups in total. The minimum atomic E-state index is -0.494. The van der Waals surface area contributed by atoms with E-state index in [0.717, 1.165) is 10.2 Å². The third-order valence-electron chi connectivity index (χ3n) is 4.50. The average Bonchev–Trinajstić information content (AvgIpc) is 3.41. The lowest BCUT2D eigenvalue weighted by Crippen LogP contribution is -2.03. The fourth-order valence-corrected chi connectivity index (χ4v) is 4.20. The van der Waals surface area contributed by atoms with Crippen LogP contribution in [0.4, 0.5) is 11.9 Å². The largest absolute Gasteiger partial charge is 0.465 e. The first kappa shape index (κ1) is 17.4. The lowest BCUT2D eigenvalue weighted by molar-refractivity contribution is 0.0599. The van der Waals surface area contributed by atoms with Gasteiger partial charge < -0.3 is 13.6 Å². The highest BCUT2D eigenvalue weighted by atomic mass is 32.1. The highest BCUT2D eigenvalue weighted by Gasteiger charge is 2.28. The van der Waals surface area contributed by atoms with E-state index in [4.69, 9.17) is 13.6 Å². The molecule has 0 spiro atoms. The van der Waals surface area contributed by atoms with Crippen molar-refractivity contribution in [1.82, 2.24) is 9.97 Å². The first-order valence-corrected chi connectivity index (χ1v) is 9.66. The number of methoxy groups -OCH3 is 1. The van der Waals surface area contributed by atoms with Crippen molar-refractivity contribution in [2.45, 2.75) is 6.92 Å². The zero-order valence-electron chi connectivity index (χ0n) is 15.6. The van der Waals surface area contributed by atoms with E-state index in [0.29, 0.717) is 38.9 Å². The first-order valence-electron chi connectivity index (χ1n) is 8.84. The normalized spacial score (nSPS) is 11.2. The number of hydrogen-bond acceptors (Lipinski definition) is 8. The second kappa shape index (κ2) is 6.75. The Hall–Kier alpha value is -3.65. The molecule has 2 aromatic carbocycles. The number of thiazole rings is 1. The van der Waals surface area contributed by atoms with Crippen LogP contribution in [-0.2, 0) is 4.74 Å². The molecule has 0 aliphatic heterocycles. The van der Waals surface area contributed by atoms with Crippen LogP contribution in [0.5, 0.6) is 0 Å². The number of rotatable bonds is 4. The lowest BCUT2D eigenvalue weighted by atomic mass is 10.1. The molecule has 144 valence electrons. The molecule has 0 aliphatic rings. The van der Waals surface area contributed by atoms with Gasteiger partial charge in [-0.05, 0) is 31.2 Å². The van der Waals surface area contributed by atoms with Crippen LogP contribution < -0.4 is 5.32 Å². The Balaban J connectivity index is 1.67. The molecule has 0 bridgehead atoms. The summed E-state index contributed by atoms with van der Waals surface area (Å²) in [6, 6.07) is 15.5. The number of nitrogens with zero attached hydrogens (tertiary/aromatic N) is 2. The van der Waals surface area contributed by atoms with Crippen LogP contribution in [0.15, 0.2) is 57.4 Å². The van der Waals surface area contributed by atoms with E-state index in [1.54, 1.807) is 6.92 Å². The number of oxazole rings is 1. The number of anilines is 2. The highest BCUT2D eigenvalue weighted by molar-refractivity contribution is 7.21. The van der Waals surface area contributed by atoms with Crippen molar-refractivity contribution in [3.05, 3.63) is 59.9 Å². The molecule has 5 rings (SSSR count). The van der Waals surface area contributed by atoms with E-state index in [1.165, 1.54) is 18.4 Å². The molecule has 0 fully saturated rings. The van der Waals surface area contributed by atoms with Gasteiger partial charge in [0.1, 0.15) is 21.8 Å². The summed E-state index contributed by atoms with van der Waals surface area (Å²) in [5.74, 6) is 0.254. The topological polar surface area (TPSA) is 90.4 Å². The summed E-state index contributed by atoms with van der Waals surface area (Å²) >= 11 is 1.47. The van der Waals surface area contributed by atoms with Crippen LogP contribution in [0.2, 0.25) is 0 Å². The zero-order chi connectivity index (χ0) is 20.0. The quantitative estimate of drug-likeness (QED) is 0.393. The molecule has 0 saturated heterocycles. The van der Waals surface area contributed by atoms with E-state index in [9.17, 15) is 4.79 Å². The number of hydrogen-bond donors (Lipinski definition) is 1. The van der Waals surface area contributed by atoms with Gasteiger partial charge in [0.15, 0.2) is 5.58 Å². The molecule has 0 atom stereocenters. The second-order valence-electron chi connectivity index (χ2n) is 6.33. The summed E-state index contributed by atoms with van der Waals surface area (Å²) in [4.78, 5) is 21.6. The van der Waals surface area contributed by atoms with Crippen molar-refractivity contribution in [3.8, 4) is 10.6 Å². The number of para-hydroxylation sites is 3. The molecule has 5 aromatic rings. The number of furan rings is 1. The maximum atomic E-state index is 12.5. The molecule has 0 radical (unpaired) electrons. The molecule has 0 amide bonds. The summed E-state index contributed by atoms with van der Waals surface area (Å²) in [5.41, 5.74) is 3.05. The fourth-order valence-electron chi connectivity index (χ4n) is 3.19. The molecular weight excluding hydrogens is 390 g/mol. The van der Waals surface area contributed by atoms with E-state index < -0.39 is 5.97 Å². The monoisotopic (exact) mass is 405 g/mol. The predicted molar refractivity (Wildman–Crippen MR) is 111 cm³/mol. The van der Waals surface area contributed by atoms with E-state index in [1.807, 2.05) is 48.5 Å². The second-order valence-corrected chi connectivity index (χ2v) is 7.36. The molecule has 0 aliphatic carbocycles. The fraction of sp³-hybridized carbons (Fsp3) is 0.0952. The van der Waals surface area contributed by atoms with Gasteiger partial charge in [0.2, 0.25) is 5.88 Å². The Morgan fingerprint density at radius 1 is 1.03 bits per heavy atom. The van der Waals surface area contributed by atoms with Crippen molar-refractivity contribution >= 4 is 50.5 Å². The SMILES string of the molecule is COC(=O)c1c(C)oc(Nc2nc3ccccc3o2)c1-c1nc2ccccc2s1. The Morgan fingerprint density at radius 2 is 1.79 bits per heavy atom. The van der Waals surface area contributed by atoms with Gasteiger partial charge in [-0.3, -0.25) is 5.32 Å². The minimum Gasteiger partial charge on any atom is -0.465 e. The number of fused-ring (bicyclic) bond motifs is 2. The summed E-state index contributed by atoms with van der Waals surface area (Å²) in [6.07, 6.45) is 0. The summed E-state index contributed by atoms with van der Waals surface area (Å²) < 4.78 is 17.6. The summed E-state index contributed by atoms with van der Waals surface area (Å²) in [7, 11) is 1.34. The maximum absolute atomic E-state index is 12.5. The predicted octanol–water partition coefficient (Wildman–Crippen LogP) is 5.54. The van der Waals surface area contributed by atoms with Gasteiger partial charge in [0.05, 0.1) is 22.9 Å². The Labute approximate surface area is 168 Å². The number of benzene rings is 2. The summed E-state index contributed by atoms with van der Waals surface area (Å²) in [6.45, 7) is 1.71. The van der Waals surface area contributed by atoms with Crippen molar-refractivity contribution in [1.29, 1.82) is 0 Å². The lowest BCUT2D eigenvalue weighted by Gasteiger charge is -2.02. The van der Waals surface area contributed by atoms with Crippen LogP contribution in [0.1, 0.15) is 16.1 Å². The standard InChI is InChI=1S/C21H15N3O4S/c1-11-16(20(25)26-2)17(19-22-13-8-4-6-10-15(13)29-19)18(27-11)24-21-23-12-7-3-5-9-14(12)28-21/h3-10H,1-2H3,(H,23,24). The van der Waals surface area contributed by atoms with E-state index >= 15 is 0 Å². The number of carbonyl (C=O) groups is 1. The number of aromatic nitrogens is 2. The maximum Gasteiger partial charge on any atom is 0.342 e. The van der Waals surface area contributed by atoms with Gasteiger partial charge in [-0.25, -0.2) is 9.78 Å². The molecule has 0 saturated carbocycles. The summed E-state index contributed by atoms with van der Waals surface area (Å²) in [5, 5.41) is 3.70. The Kier molecular flexibility index (Phi) is 4.06. The number of nitrogens with one attached hydrogen (secondary N) is 1. The van der Waals surface area contributed by atoms with Crippen molar-refractivity contribution in [2.75, 3.05) is 12.4 Å². The molecule has 8 heteroatoms. The molecular formula is C21H15N3O4S. The number of ether oxygens (including phenoxy) is 1. The molecule has 3 heterocycles. The first-order chi connectivity index (χ1) is 14.1. The molecule has 0 unspecified atom stereocenters. The van der Waals surface area contributed by atoms with Gasteiger partial charge in [0, 0.05) is 0 Å². The van der Waals surface area contributed by atoms with Gasteiger partial charge in [-0.2, -0.15) is 4.98 Å². The van der Waals surface area contributed by atoms with Crippen LogP contribution in [0, 0.1) is 6.92 Å². The van der Waals surface area contributed by atoms with Crippen LogP contribution in [-0.4, -0.2) is 23.0 Å². The van der Waals surface area contributed by atoms with Crippen LogP contribution in [0.25, 0.3) is 31.9 Å². The minimum absolute atomic E-state index is 0.263. The van der Waals surface area contributed by atoms with Crippen molar-refractivity contribution in [2.24, 2.45) is 0 Å². The molecule has 3 aromatic heterocycles. The van der Waals surface area contributed by atoms with Crippen molar-refractivity contribution in [3.63, 3.8) is 0 Å². The van der Waals surface area contributed by atoms with Gasteiger partial charge in [-0.15, -0.1) is 11.3 Å². The molecule has 29 heavy (non-hydrogen) atoms. The zero-order valence-corrected chi connectivity index (χ0v) is 16.4. The van der Waals surface area contributed by atoms with Gasteiger partial charge >= 0.3 is 12.0 Å². The third-order valence-corrected chi connectivity index (χ3v) is 5.55. The number of aryl methyl sites for hydroxylation is 1. The van der Waals surface area contributed by atoms with Crippen molar-refractivity contribution < 1.29 is 18.4 Å².